The van der Waals surface area contributed by atoms with Crippen LogP contribution in [0.4, 0.5) is 0 Å². The van der Waals surface area contributed by atoms with E-state index in [1.54, 1.807) is 6.08 Å². The highest BCUT2D eigenvalue weighted by atomic mass is 16.7. The minimum Gasteiger partial charge on any atom is -0.466 e. The zero-order valence-electron chi connectivity index (χ0n) is 14.4. The predicted octanol–water partition coefficient (Wildman–Crippen LogP) is 1.46. The Kier molecular flexibility index (Phi) is 3.61. The van der Waals surface area contributed by atoms with Crippen LogP contribution in [0.25, 0.3) is 0 Å². The second-order valence-corrected chi connectivity index (χ2v) is 6.63. The highest BCUT2D eigenvalue weighted by Crippen LogP contribution is 2.62. The van der Waals surface area contributed by atoms with E-state index in [0.29, 0.717) is 12.2 Å². The van der Waals surface area contributed by atoms with E-state index in [9.17, 15) is 9.59 Å². The number of Topliss-reactive ketones (excluding diaryl/α,β-unsaturated/α-hetero) is 1. The van der Waals surface area contributed by atoms with Gasteiger partial charge in [0, 0.05) is 31.6 Å². The molecule has 4 aliphatic rings. The fourth-order valence-corrected chi connectivity index (χ4v) is 4.84. The van der Waals surface area contributed by atoms with Crippen molar-refractivity contribution in [3.05, 3.63) is 47.5 Å². The van der Waals surface area contributed by atoms with Gasteiger partial charge in [0.05, 0.1) is 19.6 Å². The fourth-order valence-electron chi connectivity index (χ4n) is 4.84. The summed E-state index contributed by atoms with van der Waals surface area (Å²) in [6.45, 7) is 0.309. The van der Waals surface area contributed by atoms with Crippen LogP contribution in [0.1, 0.15) is 11.5 Å². The third-order valence-electron chi connectivity index (χ3n) is 5.82. The molecule has 0 aromatic heterocycles. The Morgan fingerprint density at radius 3 is 2.44 bits per heavy atom. The number of esters is 1. The topological polar surface area (TPSA) is 71.1 Å². The molecule has 1 aromatic rings. The number of ether oxygens (including phenoxy) is 4. The maximum Gasteiger partial charge on any atom is 0.334 e. The van der Waals surface area contributed by atoms with Crippen molar-refractivity contribution in [1.82, 2.24) is 0 Å². The minimum atomic E-state index is -1.50. The van der Waals surface area contributed by atoms with Crippen LogP contribution in [0.5, 0.6) is 0 Å². The van der Waals surface area contributed by atoms with E-state index in [-0.39, 0.29) is 17.6 Å². The maximum absolute atomic E-state index is 13.4. The van der Waals surface area contributed by atoms with E-state index >= 15 is 0 Å². The molecule has 1 saturated heterocycles. The summed E-state index contributed by atoms with van der Waals surface area (Å²) in [6, 6.07) is 9.72. The molecular formula is C19H20O6. The molecule has 6 nitrogen and oxygen atoms in total. The number of benzene rings is 1. The number of carbonyl (C=O) groups excluding carboxylic acids is 2. The molecule has 2 fully saturated rings. The van der Waals surface area contributed by atoms with E-state index < -0.39 is 23.3 Å². The van der Waals surface area contributed by atoms with Gasteiger partial charge in [0.15, 0.2) is 5.60 Å². The summed E-state index contributed by atoms with van der Waals surface area (Å²) in [4.78, 5) is 25.8. The first-order valence-corrected chi connectivity index (χ1v) is 8.21. The van der Waals surface area contributed by atoms with Gasteiger partial charge in [-0.15, -0.1) is 0 Å². The maximum atomic E-state index is 13.4. The van der Waals surface area contributed by atoms with Gasteiger partial charge in [0.1, 0.15) is 0 Å². The number of rotatable bonds is 4. The number of ketones is 1. The highest BCUT2D eigenvalue weighted by molar-refractivity contribution is 6.05. The minimum absolute atomic E-state index is 0.126. The van der Waals surface area contributed by atoms with Crippen molar-refractivity contribution in [1.29, 1.82) is 0 Å². The molecule has 1 aliphatic heterocycles. The van der Waals surface area contributed by atoms with Crippen LogP contribution in [-0.2, 0) is 28.5 Å². The Morgan fingerprint density at radius 1 is 1.12 bits per heavy atom. The molecule has 0 N–H and O–H groups in total. The lowest BCUT2D eigenvalue weighted by Crippen LogP contribution is -2.68. The first-order valence-electron chi connectivity index (χ1n) is 8.21. The number of carbonyl (C=O) groups is 2. The summed E-state index contributed by atoms with van der Waals surface area (Å²) in [5.41, 5.74) is 0.0418. The van der Waals surface area contributed by atoms with Crippen molar-refractivity contribution in [2.75, 3.05) is 27.9 Å². The summed E-state index contributed by atoms with van der Waals surface area (Å²) in [7, 11) is 4.23. The lowest BCUT2D eigenvalue weighted by atomic mass is 9.53. The van der Waals surface area contributed by atoms with E-state index in [1.165, 1.54) is 21.3 Å². The number of hydrogen-bond acceptors (Lipinski definition) is 6. The zero-order chi connectivity index (χ0) is 17.8. The van der Waals surface area contributed by atoms with Gasteiger partial charge in [0.25, 0.3) is 0 Å². The summed E-state index contributed by atoms with van der Waals surface area (Å²) >= 11 is 0. The van der Waals surface area contributed by atoms with Crippen molar-refractivity contribution in [2.45, 2.75) is 17.3 Å². The van der Waals surface area contributed by atoms with Crippen LogP contribution in [-0.4, -0.2) is 51.1 Å². The van der Waals surface area contributed by atoms with Crippen LogP contribution in [0.15, 0.2) is 42.0 Å². The molecule has 6 heteroatoms. The molecule has 132 valence electrons. The van der Waals surface area contributed by atoms with Crippen LogP contribution < -0.4 is 0 Å². The summed E-state index contributed by atoms with van der Waals surface area (Å²) in [5.74, 6) is -3.17. The summed E-state index contributed by atoms with van der Waals surface area (Å²) in [6.07, 6.45) is 1.62. The smallest absolute Gasteiger partial charge is 0.334 e. The van der Waals surface area contributed by atoms with E-state index in [2.05, 4.69) is 0 Å². The summed E-state index contributed by atoms with van der Waals surface area (Å²) in [5, 5.41) is 0. The molecule has 5 rings (SSSR count). The zero-order valence-corrected chi connectivity index (χ0v) is 14.4. The van der Waals surface area contributed by atoms with Crippen molar-refractivity contribution >= 4 is 11.8 Å². The molecule has 25 heavy (non-hydrogen) atoms. The van der Waals surface area contributed by atoms with Crippen molar-refractivity contribution in [3.63, 3.8) is 0 Å². The second kappa shape index (κ2) is 5.49. The number of hydrogen-bond donors (Lipinski definition) is 0. The number of methoxy groups -OCH3 is 3. The largest absolute Gasteiger partial charge is 0.466 e. The molecule has 0 amide bonds. The van der Waals surface area contributed by atoms with Crippen LogP contribution in [0, 0.1) is 11.8 Å². The van der Waals surface area contributed by atoms with Gasteiger partial charge in [0.2, 0.25) is 11.6 Å². The second-order valence-electron chi connectivity index (χ2n) is 6.63. The summed E-state index contributed by atoms with van der Waals surface area (Å²) < 4.78 is 22.1. The van der Waals surface area contributed by atoms with Crippen LogP contribution >= 0.6 is 0 Å². The molecule has 0 spiro atoms. The molecule has 1 heterocycles. The third-order valence-corrected chi connectivity index (χ3v) is 5.82. The molecular weight excluding hydrogens is 324 g/mol. The Bertz CT molecular complexity index is 756. The van der Waals surface area contributed by atoms with Gasteiger partial charge >= 0.3 is 5.97 Å². The highest BCUT2D eigenvalue weighted by Gasteiger charge is 2.75. The Hall–Kier alpha value is -2.02. The monoisotopic (exact) mass is 344 g/mol. The van der Waals surface area contributed by atoms with Gasteiger partial charge in [-0.1, -0.05) is 30.3 Å². The first kappa shape index (κ1) is 16.4. The average Bonchev–Trinajstić information content (AvgIpc) is 3.03. The molecule has 3 aliphatic carbocycles. The SMILES string of the molecule is COC(=O)C1=CC2(OC)C(=O)C3(OC)OCC(C2c2ccccc2)C13. The van der Waals surface area contributed by atoms with E-state index in [1.807, 2.05) is 30.3 Å². The van der Waals surface area contributed by atoms with Crippen LogP contribution in [0.3, 0.4) is 0 Å². The molecule has 5 unspecified atom stereocenters. The first-order chi connectivity index (χ1) is 12.1. The third kappa shape index (κ3) is 1.84. The van der Waals surface area contributed by atoms with Gasteiger partial charge in [-0.2, -0.15) is 0 Å². The quantitative estimate of drug-likeness (QED) is 0.770. The standard InChI is InChI=1S/C19H20O6/c1-22-16(20)12-9-18(23-2)14(11-7-5-4-6-8-11)13-10-25-19(24-3,15(12)13)17(18)21/h4-9,13-15H,10H2,1-3H3. The molecule has 1 saturated carbocycles. The lowest BCUT2D eigenvalue weighted by molar-refractivity contribution is -0.232. The Labute approximate surface area is 145 Å². The fraction of sp³-hybridized carbons (Fsp3) is 0.474. The van der Waals surface area contributed by atoms with Gasteiger partial charge < -0.3 is 18.9 Å². The lowest BCUT2D eigenvalue weighted by Gasteiger charge is -2.53. The van der Waals surface area contributed by atoms with E-state index in [0.717, 1.165) is 5.56 Å². The normalized spacial score (nSPS) is 38.6. The van der Waals surface area contributed by atoms with Crippen LogP contribution in [0.2, 0.25) is 0 Å². The van der Waals surface area contributed by atoms with Gasteiger partial charge in [-0.25, -0.2) is 4.79 Å². The van der Waals surface area contributed by atoms with Crippen molar-refractivity contribution < 1.29 is 28.5 Å². The van der Waals surface area contributed by atoms with Gasteiger partial charge in [-0.05, 0) is 11.6 Å². The van der Waals surface area contributed by atoms with Gasteiger partial charge in [-0.3, -0.25) is 4.79 Å². The molecule has 4 bridgehead atoms. The van der Waals surface area contributed by atoms with Crippen molar-refractivity contribution in [2.24, 2.45) is 11.8 Å². The predicted molar refractivity (Wildman–Crippen MR) is 86.7 cm³/mol. The van der Waals surface area contributed by atoms with Crippen molar-refractivity contribution in [3.8, 4) is 0 Å². The Morgan fingerprint density at radius 2 is 1.84 bits per heavy atom. The van der Waals surface area contributed by atoms with E-state index in [4.69, 9.17) is 18.9 Å². The Balaban J connectivity index is 1.98. The molecule has 0 radical (unpaired) electrons. The average molecular weight is 344 g/mol. The molecule has 5 atom stereocenters. The molecule has 1 aromatic carbocycles.